The van der Waals surface area contributed by atoms with E-state index in [0.717, 1.165) is 16.3 Å². The lowest BCUT2D eigenvalue weighted by Gasteiger charge is -2.09. The Morgan fingerprint density at radius 1 is 1.30 bits per heavy atom. The monoisotopic (exact) mass is 334 g/mol. The molecule has 0 spiro atoms. The molecular formula is C16H12F2N2O2S. The van der Waals surface area contributed by atoms with Crippen LogP contribution in [0.3, 0.4) is 0 Å². The quantitative estimate of drug-likeness (QED) is 0.790. The van der Waals surface area contributed by atoms with E-state index in [0.29, 0.717) is 5.69 Å². The number of aromatic nitrogens is 1. The van der Waals surface area contributed by atoms with Gasteiger partial charge in [0.25, 0.3) is 0 Å². The standard InChI is InChI=1S/C16H12F2N2O2S/c1-22-16-11(17)4-2-9(15(16)18)6-14(21)20-10-3-5-12-13(7-10)23-8-19-12/h2-5,7-8H,6H2,1H3,(H,20,21). The maximum absolute atomic E-state index is 14.0. The molecule has 2 aromatic carbocycles. The number of methoxy groups -OCH3 is 1. The zero-order valence-corrected chi connectivity index (χ0v) is 12.9. The van der Waals surface area contributed by atoms with E-state index >= 15 is 0 Å². The highest BCUT2D eigenvalue weighted by molar-refractivity contribution is 7.16. The number of anilines is 1. The lowest BCUT2D eigenvalue weighted by Crippen LogP contribution is -2.15. The van der Waals surface area contributed by atoms with Crippen LogP contribution in [-0.2, 0) is 11.2 Å². The zero-order chi connectivity index (χ0) is 16.4. The van der Waals surface area contributed by atoms with Crippen LogP contribution in [0.2, 0.25) is 0 Å². The highest BCUT2D eigenvalue weighted by Crippen LogP contribution is 2.25. The molecule has 3 aromatic rings. The fourth-order valence-corrected chi connectivity index (χ4v) is 2.92. The van der Waals surface area contributed by atoms with Crippen LogP contribution in [0.4, 0.5) is 14.5 Å². The largest absolute Gasteiger partial charge is 0.491 e. The molecular weight excluding hydrogens is 322 g/mol. The SMILES string of the molecule is COc1c(F)ccc(CC(=O)Nc2ccc3ncsc3c2)c1F. The van der Waals surface area contributed by atoms with Crippen LogP contribution in [0.25, 0.3) is 10.2 Å². The van der Waals surface area contributed by atoms with Gasteiger partial charge in [-0.3, -0.25) is 4.79 Å². The molecule has 1 N–H and O–H groups in total. The van der Waals surface area contributed by atoms with Crippen molar-refractivity contribution >= 4 is 33.1 Å². The van der Waals surface area contributed by atoms with Crippen molar-refractivity contribution in [3.8, 4) is 5.75 Å². The predicted molar refractivity (Wildman–Crippen MR) is 84.9 cm³/mol. The van der Waals surface area contributed by atoms with Gasteiger partial charge in [0.2, 0.25) is 5.91 Å². The van der Waals surface area contributed by atoms with Crippen molar-refractivity contribution < 1.29 is 18.3 Å². The van der Waals surface area contributed by atoms with Crippen LogP contribution in [0, 0.1) is 11.6 Å². The van der Waals surface area contributed by atoms with Gasteiger partial charge in [-0.15, -0.1) is 11.3 Å². The molecule has 3 rings (SSSR count). The lowest BCUT2D eigenvalue weighted by molar-refractivity contribution is -0.115. The number of halogens is 2. The summed E-state index contributed by atoms with van der Waals surface area (Å²) in [6.45, 7) is 0. The molecule has 0 atom stereocenters. The molecule has 4 nitrogen and oxygen atoms in total. The number of fused-ring (bicyclic) bond motifs is 1. The fourth-order valence-electron chi connectivity index (χ4n) is 2.21. The average Bonchev–Trinajstić information content (AvgIpc) is 2.98. The molecule has 1 aromatic heterocycles. The first-order chi connectivity index (χ1) is 11.1. The van der Waals surface area contributed by atoms with Gasteiger partial charge in [-0.1, -0.05) is 6.07 Å². The third-order valence-corrected chi connectivity index (χ3v) is 4.09. The minimum atomic E-state index is -0.861. The molecule has 0 saturated heterocycles. The first kappa shape index (κ1) is 15.4. The van der Waals surface area contributed by atoms with Crippen LogP contribution >= 0.6 is 11.3 Å². The molecule has 7 heteroatoms. The molecule has 0 aliphatic carbocycles. The summed E-state index contributed by atoms with van der Waals surface area (Å²) in [4.78, 5) is 16.2. The Balaban J connectivity index is 1.76. The smallest absolute Gasteiger partial charge is 0.228 e. The number of hydrogen-bond acceptors (Lipinski definition) is 4. The Bertz CT molecular complexity index is 880. The third kappa shape index (κ3) is 3.14. The molecule has 0 unspecified atom stereocenters. The molecule has 1 amide bonds. The molecule has 0 aliphatic heterocycles. The molecule has 118 valence electrons. The predicted octanol–water partition coefficient (Wildman–Crippen LogP) is 3.76. The van der Waals surface area contributed by atoms with Crippen LogP contribution in [0.5, 0.6) is 5.75 Å². The number of rotatable bonds is 4. The van der Waals surface area contributed by atoms with Gasteiger partial charge in [0, 0.05) is 11.3 Å². The van der Waals surface area contributed by atoms with Gasteiger partial charge >= 0.3 is 0 Å². The number of amides is 1. The van der Waals surface area contributed by atoms with E-state index in [-0.39, 0.29) is 12.0 Å². The Morgan fingerprint density at radius 3 is 2.91 bits per heavy atom. The summed E-state index contributed by atoms with van der Waals surface area (Å²) in [6, 6.07) is 7.63. The Kier molecular flexibility index (Phi) is 4.20. The lowest BCUT2D eigenvalue weighted by atomic mass is 10.1. The number of benzene rings is 2. The summed E-state index contributed by atoms with van der Waals surface area (Å²) in [7, 11) is 1.18. The van der Waals surface area contributed by atoms with Crippen molar-refractivity contribution in [1.29, 1.82) is 0 Å². The summed E-state index contributed by atoms with van der Waals surface area (Å²) in [6.07, 6.45) is -0.219. The minimum absolute atomic E-state index is 0.0691. The maximum Gasteiger partial charge on any atom is 0.228 e. The highest BCUT2D eigenvalue weighted by Gasteiger charge is 2.16. The van der Waals surface area contributed by atoms with E-state index in [1.54, 1.807) is 23.7 Å². The summed E-state index contributed by atoms with van der Waals surface area (Å²) in [5.74, 6) is -2.55. The van der Waals surface area contributed by atoms with Gasteiger partial charge in [0.15, 0.2) is 17.4 Å². The van der Waals surface area contributed by atoms with E-state index < -0.39 is 23.3 Å². The van der Waals surface area contributed by atoms with Crippen molar-refractivity contribution in [2.75, 3.05) is 12.4 Å². The van der Waals surface area contributed by atoms with E-state index in [2.05, 4.69) is 15.0 Å². The van der Waals surface area contributed by atoms with Gasteiger partial charge < -0.3 is 10.1 Å². The number of nitrogens with one attached hydrogen (secondary N) is 1. The van der Waals surface area contributed by atoms with Crippen molar-refractivity contribution in [3.63, 3.8) is 0 Å². The second-order valence-corrected chi connectivity index (χ2v) is 5.70. The topological polar surface area (TPSA) is 51.2 Å². The third-order valence-electron chi connectivity index (χ3n) is 3.30. The Hall–Kier alpha value is -2.54. The minimum Gasteiger partial charge on any atom is -0.491 e. The fraction of sp³-hybridized carbons (Fsp3) is 0.125. The van der Waals surface area contributed by atoms with Crippen molar-refractivity contribution in [1.82, 2.24) is 4.98 Å². The molecule has 0 bridgehead atoms. The van der Waals surface area contributed by atoms with E-state index in [4.69, 9.17) is 0 Å². The number of ether oxygens (including phenoxy) is 1. The number of thiazole rings is 1. The normalized spacial score (nSPS) is 10.7. The highest BCUT2D eigenvalue weighted by atomic mass is 32.1. The number of carbonyl (C=O) groups is 1. The van der Waals surface area contributed by atoms with E-state index in [1.165, 1.54) is 24.5 Å². The van der Waals surface area contributed by atoms with Gasteiger partial charge in [0.1, 0.15) is 0 Å². The van der Waals surface area contributed by atoms with Gasteiger partial charge in [0.05, 0.1) is 29.3 Å². The Labute approximate surface area is 134 Å². The average molecular weight is 334 g/mol. The first-order valence-electron chi connectivity index (χ1n) is 6.72. The van der Waals surface area contributed by atoms with Crippen molar-refractivity contribution in [2.45, 2.75) is 6.42 Å². The number of hydrogen-bond donors (Lipinski definition) is 1. The zero-order valence-electron chi connectivity index (χ0n) is 12.1. The van der Waals surface area contributed by atoms with Crippen LogP contribution < -0.4 is 10.1 Å². The van der Waals surface area contributed by atoms with Gasteiger partial charge in [-0.05, 0) is 24.3 Å². The second-order valence-electron chi connectivity index (χ2n) is 4.81. The van der Waals surface area contributed by atoms with Crippen LogP contribution in [-0.4, -0.2) is 18.0 Å². The van der Waals surface area contributed by atoms with Crippen molar-refractivity contribution in [3.05, 3.63) is 53.0 Å². The summed E-state index contributed by atoms with van der Waals surface area (Å²) in [5, 5.41) is 2.69. The molecule has 23 heavy (non-hydrogen) atoms. The number of nitrogens with zero attached hydrogens (tertiary/aromatic N) is 1. The molecule has 0 radical (unpaired) electrons. The maximum atomic E-state index is 14.0. The first-order valence-corrected chi connectivity index (χ1v) is 7.60. The summed E-state index contributed by atoms with van der Waals surface area (Å²) in [5.41, 5.74) is 3.24. The van der Waals surface area contributed by atoms with Gasteiger partial charge in [-0.25, -0.2) is 13.8 Å². The molecule has 0 aliphatic rings. The molecule has 0 saturated carbocycles. The molecule has 0 fully saturated rings. The summed E-state index contributed by atoms with van der Waals surface area (Å²) >= 11 is 1.46. The molecule has 1 heterocycles. The second kappa shape index (κ2) is 6.29. The van der Waals surface area contributed by atoms with Gasteiger partial charge in [-0.2, -0.15) is 0 Å². The van der Waals surface area contributed by atoms with Crippen molar-refractivity contribution in [2.24, 2.45) is 0 Å². The number of carbonyl (C=O) groups excluding carboxylic acids is 1. The van der Waals surface area contributed by atoms with Crippen LogP contribution in [0.15, 0.2) is 35.8 Å². The van der Waals surface area contributed by atoms with E-state index in [1.807, 2.05) is 0 Å². The van der Waals surface area contributed by atoms with Crippen LogP contribution in [0.1, 0.15) is 5.56 Å². The van der Waals surface area contributed by atoms with E-state index in [9.17, 15) is 13.6 Å². The summed E-state index contributed by atoms with van der Waals surface area (Å²) < 4.78 is 33.0. The Morgan fingerprint density at radius 2 is 2.13 bits per heavy atom.